The van der Waals surface area contributed by atoms with Gasteiger partial charge in [-0.25, -0.2) is 4.39 Å². The third kappa shape index (κ3) is 3.81. The Labute approximate surface area is 130 Å². The smallest absolute Gasteiger partial charge is 0.125 e. The first-order chi connectivity index (χ1) is 10.0. The van der Waals surface area contributed by atoms with E-state index in [1.807, 2.05) is 6.07 Å². The molecule has 0 bridgehead atoms. The van der Waals surface area contributed by atoms with Crippen molar-refractivity contribution in [2.24, 2.45) is 0 Å². The lowest BCUT2D eigenvalue weighted by atomic mass is 10.1. The van der Waals surface area contributed by atoms with E-state index in [1.54, 1.807) is 25.1 Å². The fourth-order valence-electron chi connectivity index (χ4n) is 1.92. The second-order valence-corrected chi connectivity index (χ2v) is 5.48. The maximum absolute atomic E-state index is 13.3. The van der Waals surface area contributed by atoms with E-state index in [4.69, 9.17) is 10.00 Å². The Morgan fingerprint density at radius 2 is 2.10 bits per heavy atom. The van der Waals surface area contributed by atoms with Crippen LogP contribution in [0.2, 0.25) is 0 Å². The van der Waals surface area contributed by atoms with Crippen molar-refractivity contribution in [2.45, 2.75) is 19.6 Å². The Morgan fingerprint density at radius 1 is 1.33 bits per heavy atom. The molecule has 0 fully saturated rings. The van der Waals surface area contributed by atoms with E-state index in [-0.39, 0.29) is 6.61 Å². The van der Waals surface area contributed by atoms with Crippen molar-refractivity contribution in [2.75, 3.05) is 0 Å². The lowest BCUT2D eigenvalue weighted by Gasteiger charge is -2.14. The normalized spacial score (nSPS) is 11.8. The van der Waals surface area contributed by atoms with Gasteiger partial charge in [-0.3, -0.25) is 0 Å². The molecule has 1 N–H and O–H groups in total. The van der Waals surface area contributed by atoms with Gasteiger partial charge in [-0.1, -0.05) is 15.9 Å². The quantitative estimate of drug-likeness (QED) is 0.904. The van der Waals surface area contributed by atoms with Crippen LogP contribution in [-0.4, -0.2) is 5.11 Å². The van der Waals surface area contributed by atoms with Gasteiger partial charge in [0, 0.05) is 15.6 Å². The first-order valence-corrected chi connectivity index (χ1v) is 7.09. The minimum Gasteiger partial charge on any atom is -0.488 e. The molecule has 0 saturated heterocycles. The maximum Gasteiger partial charge on any atom is 0.125 e. The van der Waals surface area contributed by atoms with Crippen molar-refractivity contribution < 1.29 is 14.2 Å². The number of ether oxygens (including phenoxy) is 1. The highest BCUT2D eigenvalue weighted by Crippen LogP contribution is 2.29. The van der Waals surface area contributed by atoms with E-state index in [0.717, 1.165) is 4.47 Å². The average Bonchev–Trinajstić information content (AvgIpc) is 2.46. The topological polar surface area (TPSA) is 53.2 Å². The van der Waals surface area contributed by atoms with Crippen LogP contribution in [0.25, 0.3) is 0 Å². The van der Waals surface area contributed by atoms with Gasteiger partial charge in [0.1, 0.15) is 18.2 Å². The number of rotatable bonds is 4. The third-order valence-corrected chi connectivity index (χ3v) is 3.49. The molecular formula is C16H13BrFNO2. The predicted octanol–water partition coefficient (Wildman–Crippen LogP) is 4.09. The van der Waals surface area contributed by atoms with E-state index in [2.05, 4.69) is 15.9 Å². The molecule has 1 unspecified atom stereocenters. The molecule has 108 valence electrons. The summed E-state index contributed by atoms with van der Waals surface area (Å²) in [6.45, 7) is 1.69. The standard InChI is InChI=1S/C16H13BrFNO2/c1-10(20)15-7-13(17)3-5-16(15)21-9-12-6-14(18)4-2-11(12)8-19/h2-7,10,20H,9H2,1H3. The SMILES string of the molecule is CC(O)c1cc(Br)ccc1OCc1cc(F)ccc1C#N. The third-order valence-electron chi connectivity index (χ3n) is 2.99. The molecule has 2 aromatic rings. The first kappa shape index (κ1) is 15.5. The van der Waals surface area contributed by atoms with E-state index in [0.29, 0.717) is 22.4 Å². The van der Waals surface area contributed by atoms with Crippen molar-refractivity contribution >= 4 is 15.9 Å². The number of nitrogens with zero attached hydrogens (tertiary/aromatic N) is 1. The molecule has 1 atom stereocenters. The van der Waals surface area contributed by atoms with Gasteiger partial charge in [-0.15, -0.1) is 0 Å². The van der Waals surface area contributed by atoms with E-state index < -0.39 is 11.9 Å². The number of aliphatic hydroxyl groups excluding tert-OH is 1. The number of aliphatic hydroxyl groups is 1. The Balaban J connectivity index is 2.25. The zero-order valence-corrected chi connectivity index (χ0v) is 12.9. The van der Waals surface area contributed by atoms with Crippen molar-refractivity contribution in [3.05, 3.63) is 63.4 Å². The summed E-state index contributed by atoms with van der Waals surface area (Å²) in [6.07, 6.45) is -0.694. The van der Waals surface area contributed by atoms with Crippen LogP contribution in [-0.2, 0) is 6.61 Å². The minimum absolute atomic E-state index is 0.0575. The van der Waals surface area contributed by atoms with E-state index in [1.165, 1.54) is 18.2 Å². The molecule has 0 aliphatic heterocycles. The van der Waals surface area contributed by atoms with Crippen LogP contribution in [0.15, 0.2) is 40.9 Å². The zero-order valence-electron chi connectivity index (χ0n) is 11.3. The summed E-state index contributed by atoms with van der Waals surface area (Å²) in [4.78, 5) is 0. The lowest BCUT2D eigenvalue weighted by molar-refractivity contribution is 0.190. The lowest BCUT2D eigenvalue weighted by Crippen LogP contribution is -2.03. The highest BCUT2D eigenvalue weighted by Gasteiger charge is 2.11. The van der Waals surface area contributed by atoms with Crippen molar-refractivity contribution in [3.8, 4) is 11.8 Å². The summed E-state index contributed by atoms with van der Waals surface area (Å²) in [5, 5.41) is 18.8. The summed E-state index contributed by atoms with van der Waals surface area (Å²) >= 11 is 3.33. The molecule has 0 aliphatic carbocycles. The Hall–Kier alpha value is -1.90. The number of halogens is 2. The zero-order chi connectivity index (χ0) is 15.4. The van der Waals surface area contributed by atoms with Gasteiger partial charge in [0.05, 0.1) is 17.7 Å². The van der Waals surface area contributed by atoms with E-state index in [9.17, 15) is 9.50 Å². The molecule has 0 aromatic heterocycles. The Morgan fingerprint density at radius 3 is 2.76 bits per heavy atom. The highest BCUT2D eigenvalue weighted by atomic mass is 79.9. The molecule has 21 heavy (non-hydrogen) atoms. The fourth-order valence-corrected chi connectivity index (χ4v) is 2.30. The second-order valence-electron chi connectivity index (χ2n) is 4.56. The maximum atomic E-state index is 13.3. The molecule has 0 spiro atoms. The van der Waals surface area contributed by atoms with Gasteiger partial charge < -0.3 is 9.84 Å². The molecule has 0 amide bonds. The monoisotopic (exact) mass is 349 g/mol. The van der Waals surface area contributed by atoms with Crippen molar-refractivity contribution in [1.82, 2.24) is 0 Å². The summed E-state index contributed by atoms with van der Waals surface area (Å²) in [5.74, 6) is 0.0838. The number of hydrogen-bond donors (Lipinski definition) is 1. The predicted molar refractivity (Wildman–Crippen MR) is 80.2 cm³/mol. The molecule has 5 heteroatoms. The van der Waals surface area contributed by atoms with Crippen LogP contribution in [0.1, 0.15) is 29.7 Å². The summed E-state index contributed by atoms with van der Waals surface area (Å²) < 4.78 is 19.7. The Bertz CT molecular complexity index is 695. The molecule has 2 rings (SSSR count). The molecule has 0 heterocycles. The molecule has 0 radical (unpaired) electrons. The molecule has 3 nitrogen and oxygen atoms in total. The van der Waals surface area contributed by atoms with Gasteiger partial charge in [-0.2, -0.15) is 5.26 Å². The van der Waals surface area contributed by atoms with Gasteiger partial charge in [0.15, 0.2) is 0 Å². The van der Waals surface area contributed by atoms with Gasteiger partial charge in [-0.05, 0) is 43.3 Å². The minimum atomic E-state index is -0.694. The van der Waals surface area contributed by atoms with Crippen LogP contribution >= 0.6 is 15.9 Å². The van der Waals surface area contributed by atoms with Crippen LogP contribution in [0.4, 0.5) is 4.39 Å². The second kappa shape index (κ2) is 6.70. The highest BCUT2D eigenvalue weighted by molar-refractivity contribution is 9.10. The number of nitriles is 1. The molecular weight excluding hydrogens is 337 g/mol. The average molecular weight is 350 g/mol. The van der Waals surface area contributed by atoms with Crippen LogP contribution < -0.4 is 4.74 Å². The largest absolute Gasteiger partial charge is 0.488 e. The molecule has 2 aromatic carbocycles. The van der Waals surface area contributed by atoms with Crippen molar-refractivity contribution in [3.63, 3.8) is 0 Å². The summed E-state index contributed by atoms with van der Waals surface area (Å²) in [5.41, 5.74) is 1.46. The van der Waals surface area contributed by atoms with Crippen LogP contribution in [0, 0.1) is 17.1 Å². The first-order valence-electron chi connectivity index (χ1n) is 6.30. The molecule has 0 aliphatic rings. The summed E-state index contributed by atoms with van der Waals surface area (Å²) in [6, 6.07) is 11.2. The van der Waals surface area contributed by atoms with E-state index >= 15 is 0 Å². The van der Waals surface area contributed by atoms with Gasteiger partial charge in [0.25, 0.3) is 0 Å². The Kier molecular flexibility index (Phi) is 4.94. The number of hydrogen-bond acceptors (Lipinski definition) is 3. The van der Waals surface area contributed by atoms with Crippen LogP contribution in [0.5, 0.6) is 5.75 Å². The van der Waals surface area contributed by atoms with Crippen LogP contribution in [0.3, 0.4) is 0 Å². The number of benzene rings is 2. The van der Waals surface area contributed by atoms with Gasteiger partial charge in [0.2, 0.25) is 0 Å². The van der Waals surface area contributed by atoms with Gasteiger partial charge >= 0.3 is 0 Å². The fraction of sp³-hybridized carbons (Fsp3) is 0.188. The summed E-state index contributed by atoms with van der Waals surface area (Å²) in [7, 11) is 0. The van der Waals surface area contributed by atoms with Crippen molar-refractivity contribution in [1.29, 1.82) is 5.26 Å². The molecule has 0 saturated carbocycles.